The fraction of sp³-hybridized carbons (Fsp3) is 0.292. The average molecular weight is 480 g/mol. The van der Waals surface area contributed by atoms with Gasteiger partial charge in [-0.05, 0) is 11.1 Å². The third-order valence-corrected chi connectivity index (χ3v) is 6.35. The van der Waals surface area contributed by atoms with Crippen molar-refractivity contribution in [2.24, 2.45) is 0 Å². The molecule has 3 aromatic rings. The fourth-order valence-corrected chi connectivity index (χ4v) is 4.51. The Labute approximate surface area is 200 Å². The lowest BCUT2D eigenvalue weighted by Gasteiger charge is -2.29. The normalized spacial score (nSPS) is 16.6. The third kappa shape index (κ3) is 4.85. The van der Waals surface area contributed by atoms with Crippen molar-refractivity contribution < 1.29 is 18.3 Å². The quantitative estimate of drug-likeness (QED) is 0.501. The highest BCUT2D eigenvalue weighted by Crippen LogP contribution is 2.33. The molecule has 1 saturated heterocycles. The summed E-state index contributed by atoms with van der Waals surface area (Å²) in [5, 5.41) is 0. The third-order valence-electron chi connectivity index (χ3n) is 5.96. The molecule has 1 unspecified atom stereocenters. The smallest absolute Gasteiger partial charge is 0.273 e. The Kier molecular flexibility index (Phi) is 6.63. The van der Waals surface area contributed by atoms with Crippen molar-refractivity contribution in [3.05, 3.63) is 77.0 Å². The fourth-order valence-electron chi connectivity index (χ4n) is 4.22. The van der Waals surface area contributed by atoms with Crippen LogP contribution in [0.4, 0.5) is 5.82 Å². The minimum absolute atomic E-state index is 0.0942. The van der Waals surface area contributed by atoms with Gasteiger partial charge in [-0.15, -0.1) is 0 Å². The van der Waals surface area contributed by atoms with Crippen molar-refractivity contribution in [3.63, 3.8) is 0 Å². The van der Waals surface area contributed by atoms with Crippen molar-refractivity contribution in [1.82, 2.24) is 19.6 Å². The summed E-state index contributed by atoms with van der Waals surface area (Å²) < 4.78 is 27.8. The van der Waals surface area contributed by atoms with E-state index in [0.717, 1.165) is 28.1 Å². The number of benzene rings is 2. The van der Waals surface area contributed by atoms with Crippen LogP contribution in [0, 0.1) is 0 Å². The average Bonchev–Trinajstić information content (AvgIpc) is 3.18. The first kappa shape index (κ1) is 22.6. The number of carbonyl (C=O) groups is 1. The summed E-state index contributed by atoms with van der Waals surface area (Å²) in [6.45, 7) is 3.89. The molecular formula is C24H25N5O4S. The van der Waals surface area contributed by atoms with Gasteiger partial charge in [-0.25, -0.2) is 18.9 Å². The maximum Gasteiger partial charge on any atom is 0.273 e. The van der Waals surface area contributed by atoms with E-state index in [0.29, 0.717) is 50.9 Å². The summed E-state index contributed by atoms with van der Waals surface area (Å²) >= 11 is -2.07. The zero-order valence-corrected chi connectivity index (χ0v) is 19.3. The summed E-state index contributed by atoms with van der Waals surface area (Å²) in [6, 6.07) is 17.4. The molecule has 34 heavy (non-hydrogen) atoms. The second-order valence-electron chi connectivity index (χ2n) is 8.21. The molecule has 176 valence electrons. The highest BCUT2D eigenvalue weighted by molar-refractivity contribution is 7.77. The molecule has 0 saturated carbocycles. The van der Waals surface area contributed by atoms with E-state index >= 15 is 0 Å². The van der Waals surface area contributed by atoms with Crippen LogP contribution in [0.3, 0.4) is 0 Å². The Bertz CT molecular complexity index is 1200. The highest BCUT2D eigenvalue weighted by Gasteiger charge is 2.34. The molecule has 2 aromatic carbocycles. The van der Waals surface area contributed by atoms with E-state index in [1.54, 1.807) is 0 Å². The van der Waals surface area contributed by atoms with Gasteiger partial charge in [-0.3, -0.25) is 9.35 Å². The van der Waals surface area contributed by atoms with E-state index in [-0.39, 0.29) is 12.5 Å². The van der Waals surface area contributed by atoms with Crippen molar-refractivity contribution in [3.8, 4) is 11.4 Å². The summed E-state index contributed by atoms with van der Waals surface area (Å²) in [5.74, 6) is 1.18. The van der Waals surface area contributed by atoms with E-state index in [4.69, 9.17) is 19.3 Å². The van der Waals surface area contributed by atoms with Crippen LogP contribution in [0.15, 0.2) is 54.6 Å². The predicted octanol–water partition coefficient (Wildman–Crippen LogP) is 2.36. The molecule has 1 atom stereocenters. The molecular weight excluding hydrogens is 454 g/mol. The largest absolute Gasteiger partial charge is 0.378 e. The van der Waals surface area contributed by atoms with Crippen LogP contribution in [0.25, 0.3) is 11.4 Å². The van der Waals surface area contributed by atoms with Gasteiger partial charge in [0.1, 0.15) is 11.5 Å². The van der Waals surface area contributed by atoms with Crippen molar-refractivity contribution in [2.75, 3.05) is 31.2 Å². The highest BCUT2D eigenvalue weighted by atomic mass is 32.2. The van der Waals surface area contributed by atoms with E-state index in [9.17, 15) is 9.00 Å². The zero-order chi connectivity index (χ0) is 23.5. The molecule has 1 fully saturated rings. The van der Waals surface area contributed by atoms with Gasteiger partial charge < -0.3 is 14.5 Å². The summed E-state index contributed by atoms with van der Waals surface area (Å²) in [7, 11) is 0. The first-order chi connectivity index (χ1) is 16.6. The summed E-state index contributed by atoms with van der Waals surface area (Å²) in [6.07, 6.45) is 0. The Morgan fingerprint density at radius 1 is 1.00 bits per heavy atom. The van der Waals surface area contributed by atoms with Crippen LogP contribution < -0.4 is 9.62 Å². The second-order valence-corrected chi connectivity index (χ2v) is 9.00. The van der Waals surface area contributed by atoms with Crippen LogP contribution in [0.5, 0.6) is 0 Å². The minimum Gasteiger partial charge on any atom is -0.378 e. The predicted molar refractivity (Wildman–Crippen MR) is 128 cm³/mol. The van der Waals surface area contributed by atoms with E-state index in [1.165, 1.54) is 0 Å². The topological polar surface area (TPSA) is 108 Å². The monoisotopic (exact) mass is 479 g/mol. The number of anilines is 1. The molecule has 1 amide bonds. The van der Waals surface area contributed by atoms with Crippen LogP contribution >= 0.6 is 0 Å². The number of rotatable bonds is 7. The van der Waals surface area contributed by atoms with Crippen molar-refractivity contribution in [2.45, 2.75) is 19.6 Å². The lowest BCUT2D eigenvalue weighted by Crippen LogP contribution is -2.37. The first-order valence-corrected chi connectivity index (χ1v) is 12.2. The van der Waals surface area contributed by atoms with E-state index in [2.05, 4.69) is 9.62 Å². The Morgan fingerprint density at radius 3 is 2.44 bits per heavy atom. The molecule has 2 aliphatic rings. The summed E-state index contributed by atoms with van der Waals surface area (Å²) in [4.78, 5) is 26.9. The molecule has 2 N–H and O–H groups in total. The van der Waals surface area contributed by atoms with E-state index in [1.807, 2.05) is 59.5 Å². The number of hydrogen-bond acceptors (Lipinski definition) is 6. The number of amides is 1. The number of morpholine rings is 1. The molecule has 5 rings (SSSR count). The van der Waals surface area contributed by atoms with Gasteiger partial charge in [0.05, 0.1) is 19.8 Å². The Balaban J connectivity index is 1.48. The molecule has 0 spiro atoms. The number of aromatic nitrogens is 2. The number of ether oxygens (including phenoxy) is 1. The Morgan fingerprint density at radius 2 is 1.74 bits per heavy atom. The van der Waals surface area contributed by atoms with Crippen LogP contribution in [0.2, 0.25) is 0 Å². The lowest BCUT2D eigenvalue weighted by atomic mass is 10.1. The van der Waals surface area contributed by atoms with Crippen LogP contribution in [0.1, 0.15) is 27.2 Å². The van der Waals surface area contributed by atoms with Crippen molar-refractivity contribution in [1.29, 1.82) is 0 Å². The van der Waals surface area contributed by atoms with Gasteiger partial charge in [0.15, 0.2) is 5.82 Å². The van der Waals surface area contributed by atoms with Gasteiger partial charge in [0.25, 0.3) is 5.91 Å². The zero-order valence-electron chi connectivity index (χ0n) is 18.5. The van der Waals surface area contributed by atoms with Gasteiger partial charge in [0, 0.05) is 37.3 Å². The number of fused-ring (bicyclic) bond motifs is 1. The lowest BCUT2D eigenvalue weighted by molar-refractivity contribution is 0.0762. The van der Waals surface area contributed by atoms with Gasteiger partial charge in [0.2, 0.25) is 11.3 Å². The number of nitrogens with zero attached hydrogens (tertiary/aromatic N) is 4. The maximum absolute atomic E-state index is 13.4. The van der Waals surface area contributed by atoms with E-state index < -0.39 is 11.3 Å². The minimum atomic E-state index is -2.07. The van der Waals surface area contributed by atoms with Crippen LogP contribution in [-0.2, 0) is 35.6 Å². The number of carbonyl (C=O) groups excluding carboxylic acids is 1. The standard InChI is InChI=1S/C24H25N5O4S/c30-24-21-20(16-29(24)15-18-4-2-1-3-5-18)23(28-10-12-33-13-11-28)27-22(26-21)19-8-6-17(7-9-19)14-25-34(31)32/h1-9,25H,10-16H2,(H,31,32). The molecule has 0 bridgehead atoms. The molecule has 10 heteroatoms. The van der Waals surface area contributed by atoms with Gasteiger partial charge in [-0.1, -0.05) is 54.6 Å². The molecule has 2 aliphatic heterocycles. The van der Waals surface area contributed by atoms with Gasteiger partial charge in [-0.2, -0.15) is 0 Å². The summed E-state index contributed by atoms with van der Waals surface area (Å²) in [5.41, 5.74) is 4.01. The van der Waals surface area contributed by atoms with Gasteiger partial charge >= 0.3 is 0 Å². The van der Waals surface area contributed by atoms with Crippen LogP contribution in [-0.4, -0.2) is 55.8 Å². The SMILES string of the molecule is O=C1c2nc(-c3ccc(CNS(=O)O)cc3)nc(N3CCOCC3)c2CN1Cc1ccccc1. The van der Waals surface area contributed by atoms with Crippen molar-refractivity contribution >= 4 is 23.0 Å². The molecule has 0 aliphatic carbocycles. The molecule has 0 radical (unpaired) electrons. The second kappa shape index (κ2) is 9.98. The Hall–Kier alpha value is -3.18. The number of nitrogens with one attached hydrogen (secondary N) is 1. The molecule has 3 heterocycles. The molecule has 9 nitrogen and oxygen atoms in total. The first-order valence-electron chi connectivity index (χ1n) is 11.1. The molecule has 1 aromatic heterocycles. The maximum atomic E-state index is 13.4. The number of hydrogen-bond donors (Lipinski definition) is 2.